The number of anilines is 1. The van der Waals surface area contributed by atoms with Crippen LogP contribution in [0.2, 0.25) is 10.0 Å². The highest BCUT2D eigenvalue weighted by Crippen LogP contribution is 2.43. The second-order valence-electron chi connectivity index (χ2n) is 6.88. The van der Waals surface area contributed by atoms with Crippen LogP contribution >= 0.6 is 35.0 Å². The van der Waals surface area contributed by atoms with Crippen molar-refractivity contribution in [2.75, 3.05) is 11.4 Å². The van der Waals surface area contributed by atoms with Gasteiger partial charge in [-0.3, -0.25) is 4.79 Å². The Morgan fingerprint density at radius 3 is 2.58 bits per heavy atom. The highest BCUT2D eigenvalue weighted by Gasteiger charge is 2.26. The Morgan fingerprint density at radius 1 is 0.968 bits per heavy atom. The molecule has 31 heavy (non-hydrogen) atoms. The molecule has 8 heteroatoms. The summed E-state index contributed by atoms with van der Waals surface area (Å²) in [5.74, 6) is 0.807. The minimum absolute atomic E-state index is 0.00133. The van der Waals surface area contributed by atoms with E-state index in [9.17, 15) is 4.79 Å². The van der Waals surface area contributed by atoms with Crippen molar-refractivity contribution in [1.29, 1.82) is 0 Å². The van der Waals surface area contributed by atoms with Gasteiger partial charge in [0, 0.05) is 27.5 Å². The number of aromatic nitrogens is 2. The molecule has 0 aliphatic carbocycles. The number of halogens is 2. The first-order valence-corrected chi connectivity index (χ1v) is 11.1. The van der Waals surface area contributed by atoms with Crippen molar-refractivity contribution in [2.45, 2.75) is 16.7 Å². The van der Waals surface area contributed by atoms with Gasteiger partial charge in [-0.05, 0) is 55.5 Å². The van der Waals surface area contributed by atoms with Crippen molar-refractivity contribution in [3.8, 4) is 22.8 Å². The first-order chi connectivity index (χ1) is 15.0. The fraction of sp³-hybridized carbons (Fsp3) is 0.0870. The maximum Gasteiger partial charge on any atom is 0.259 e. The zero-order valence-corrected chi connectivity index (χ0v) is 18.6. The van der Waals surface area contributed by atoms with Crippen LogP contribution in [0.4, 0.5) is 5.69 Å². The average molecular weight is 468 g/mol. The molecule has 1 aromatic heterocycles. The Morgan fingerprint density at radius 2 is 1.77 bits per heavy atom. The molecule has 1 aliphatic rings. The van der Waals surface area contributed by atoms with Gasteiger partial charge in [-0.25, -0.2) is 0 Å². The van der Waals surface area contributed by atoms with Crippen molar-refractivity contribution in [1.82, 2.24) is 10.1 Å². The molecule has 0 spiro atoms. The molecule has 5 nitrogen and oxygen atoms in total. The molecular weight excluding hydrogens is 453 g/mol. The maximum absolute atomic E-state index is 13.0. The third kappa shape index (κ3) is 3.61. The standard InChI is InChI=1S/C23H15Cl2N3O2S/c1-2-28-18-10-8-13(12-20(18)31-19-6-4-3-5-15(19)23(28)29)21-26-22(30-27-21)14-7-9-16(24)17(25)11-14/h3-12H,2H2,1H3. The number of benzene rings is 3. The number of amides is 1. The zero-order valence-electron chi connectivity index (χ0n) is 16.3. The van der Waals surface area contributed by atoms with E-state index in [2.05, 4.69) is 10.1 Å². The van der Waals surface area contributed by atoms with Crippen LogP contribution in [0.3, 0.4) is 0 Å². The molecule has 0 atom stereocenters. The van der Waals surface area contributed by atoms with Crippen molar-refractivity contribution in [3.63, 3.8) is 0 Å². The van der Waals surface area contributed by atoms with Crippen LogP contribution in [0.1, 0.15) is 17.3 Å². The van der Waals surface area contributed by atoms with Crippen molar-refractivity contribution in [2.24, 2.45) is 0 Å². The highest BCUT2D eigenvalue weighted by atomic mass is 35.5. The Labute approximate surface area is 193 Å². The number of rotatable bonds is 3. The summed E-state index contributed by atoms with van der Waals surface area (Å²) < 4.78 is 5.45. The third-order valence-corrected chi connectivity index (χ3v) is 6.86. The monoisotopic (exact) mass is 467 g/mol. The summed E-state index contributed by atoms with van der Waals surface area (Å²) in [6, 6.07) is 18.6. The minimum atomic E-state index is -0.00133. The number of carbonyl (C=O) groups excluding carboxylic acids is 1. The molecule has 0 N–H and O–H groups in total. The van der Waals surface area contributed by atoms with Crippen LogP contribution in [-0.2, 0) is 0 Å². The first-order valence-electron chi connectivity index (χ1n) is 9.57. The van der Waals surface area contributed by atoms with Gasteiger partial charge >= 0.3 is 0 Å². The second kappa shape index (κ2) is 8.04. The molecule has 0 fully saturated rings. The topological polar surface area (TPSA) is 59.2 Å². The largest absolute Gasteiger partial charge is 0.334 e. The molecule has 0 saturated carbocycles. The van der Waals surface area contributed by atoms with Gasteiger partial charge in [0.2, 0.25) is 5.82 Å². The summed E-state index contributed by atoms with van der Waals surface area (Å²) in [4.78, 5) is 21.2. The minimum Gasteiger partial charge on any atom is -0.334 e. The lowest BCUT2D eigenvalue weighted by atomic mass is 10.1. The number of fused-ring (bicyclic) bond motifs is 2. The van der Waals surface area contributed by atoms with Crippen LogP contribution in [-0.4, -0.2) is 22.6 Å². The van der Waals surface area contributed by atoms with E-state index in [1.165, 1.54) is 0 Å². The molecule has 4 aromatic rings. The summed E-state index contributed by atoms with van der Waals surface area (Å²) in [5.41, 5.74) is 3.05. The van der Waals surface area contributed by atoms with Gasteiger partial charge in [-0.1, -0.05) is 52.3 Å². The molecule has 0 bridgehead atoms. The van der Waals surface area contributed by atoms with Crippen LogP contribution < -0.4 is 4.90 Å². The first kappa shape index (κ1) is 20.1. The van der Waals surface area contributed by atoms with E-state index in [0.717, 1.165) is 21.0 Å². The number of nitrogens with zero attached hydrogens (tertiary/aromatic N) is 3. The van der Waals surface area contributed by atoms with Crippen LogP contribution in [0.5, 0.6) is 0 Å². The molecular formula is C23H15Cl2N3O2S. The Bertz CT molecular complexity index is 1320. The van der Waals surface area contributed by atoms with E-state index in [4.69, 9.17) is 27.7 Å². The molecule has 2 heterocycles. The van der Waals surface area contributed by atoms with Gasteiger partial charge in [-0.2, -0.15) is 4.98 Å². The van der Waals surface area contributed by atoms with Crippen molar-refractivity contribution >= 4 is 46.6 Å². The molecule has 1 amide bonds. The molecule has 0 saturated heterocycles. The zero-order chi connectivity index (χ0) is 21.5. The molecule has 154 valence electrons. The highest BCUT2D eigenvalue weighted by molar-refractivity contribution is 7.99. The predicted molar refractivity (Wildman–Crippen MR) is 123 cm³/mol. The molecule has 0 unspecified atom stereocenters. The third-order valence-electron chi connectivity index (χ3n) is 5.00. The molecule has 1 aliphatic heterocycles. The summed E-state index contributed by atoms with van der Waals surface area (Å²) >= 11 is 13.7. The smallest absolute Gasteiger partial charge is 0.259 e. The molecule has 0 radical (unpaired) electrons. The van der Waals surface area contributed by atoms with Crippen molar-refractivity contribution in [3.05, 3.63) is 76.3 Å². The van der Waals surface area contributed by atoms with E-state index >= 15 is 0 Å². The van der Waals surface area contributed by atoms with Gasteiger partial charge in [0.1, 0.15) is 0 Å². The Kier molecular flexibility index (Phi) is 5.22. The fourth-order valence-corrected chi connectivity index (χ4v) is 4.88. The van der Waals surface area contributed by atoms with E-state index in [1.807, 2.05) is 49.4 Å². The van der Waals surface area contributed by atoms with E-state index in [1.54, 1.807) is 34.9 Å². The number of hydrogen-bond acceptors (Lipinski definition) is 5. The Balaban J connectivity index is 1.55. The van der Waals surface area contributed by atoms with E-state index in [-0.39, 0.29) is 5.91 Å². The lowest BCUT2D eigenvalue weighted by molar-refractivity contribution is 0.0985. The second-order valence-corrected chi connectivity index (χ2v) is 8.78. The average Bonchev–Trinajstić information content (AvgIpc) is 3.23. The molecule has 5 rings (SSSR count). The fourth-order valence-electron chi connectivity index (χ4n) is 3.46. The van der Waals surface area contributed by atoms with Crippen LogP contribution in [0, 0.1) is 0 Å². The SMILES string of the molecule is CCN1C(=O)c2ccccc2Sc2cc(-c3noc(-c4ccc(Cl)c(Cl)c4)n3)ccc21. The Hall–Kier alpha value is -2.80. The molecule has 3 aromatic carbocycles. The van der Waals surface area contributed by atoms with Crippen LogP contribution in [0.15, 0.2) is 75.0 Å². The maximum atomic E-state index is 13.0. The quantitative estimate of drug-likeness (QED) is 0.329. The summed E-state index contributed by atoms with van der Waals surface area (Å²) in [6.45, 7) is 2.54. The summed E-state index contributed by atoms with van der Waals surface area (Å²) in [5, 5.41) is 5.01. The summed E-state index contributed by atoms with van der Waals surface area (Å²) in [6.07, 6.45) is 0. The van der Waals surface area contributed by atoms with Gasteiger partial charge in [0.15, 0.2) is 0 Å². The lowest BCUT2D eigenvalue weighted by Crippen LogP contribution is -2.30. The predicted octanol–water partition coefficient (Wildman–Crippen LogP) is 6.84. The van der Waals surface area contributed by atoms with E-state index in [0.29, 0.717) is 39.4 Å². The normalized spacial score (nSPS) is 13.0. The number of hydrogen-bond donors (Lipinski definition) is 0. The van der Waals surface area contributed by atoms with Crippen LogP contribution in [0.25, 0.3) is 22.8 Å². The van der Waals surface area contributed by atoms with E-state index < -0.39 is 0 Å². The van der Waals surface area contributed by atoms with Gasteiger partial charge in [0.05, 0.1) is 21.3 Å². The summed E-state index contributed by atoms with van der Waals surface area (Å²) in [7, 11) is 0. The van der Waals surface area contributed by atoms with Crippen molar-refractivity contribution < 1.29 is 9.32 Å². The number of carbonyl (C=O) groups is 1. The lowest BCUT2D eigenvalue weighted by Gasteiger charge is -2.21. The van der Waals surface area contributed by atoms with Gasteiger partial charge in [0.25, 0.3) is 11.8 Å². The van der Waals surface area contributed by atoms with Gasteiger partial charge in [-0.15, -0.1) is 0 Å². The van der Waals surface area contributed by atoms with Gasteiger partial charge < -0.3 is 9.42 Å².